The van der Waals surface area contributed by atoms with Crippen LogP contribution in [0.1, 0.15) is 15.9 Å². The smallest absolute Gasteiger partial charge is 0.150 e. The van der Waals surface area contributed by atoms with Gasteiger partial charge in [0, 0.05) is 36.7 Å². The van der Waals surface area contributed by atoms with Crippen molar-refractivity contribution >= 4 is 18.0 Å². The summed E-state index contributed by atoms with van der Waals surface area (Å²) in [5.41, 5.74) is 2.02. The fourth-order valence-corrected chi connectivity index (χ4v) is 2.96. The summed E-state index contributed by atoms with van der Waals surface area (Å²) in [4.78, 5) is 13.3. The molecule has 86 valence electrons. The molecular weight excluding hydrogens is 218 g/mol. The maximum atomic E-state index is 10.9. The van der Waals surface area contributed by atoms with Gasteiger partial charge >= 0.3 is 0 Å². The normalized spacial score (nSPS) is 17.2. The van der Waals surface area contributed by atoms with Crippen molar-refractivity contribution in [2.45, 2.75) is 6.42 Å². The first-order valence-corrected chi connectivity index (χ1v) is 6.89. The zero-order chi connectivity index (χ0) is 11.2. The summed E-state index contributed by atoms with van der Waals surface area (Å²) in [6.45, 7) is 3.45. The molecule has 1 saturated heterocycles. The Morgan fingerprint density at radius 2 is 2.00 bits per heavy atom. The second-order valence-electron chi connectivity index (χ2n) is 4.02. The van der Waals surface area contributed by atoms with Gasteiger partial charge in [0.05, 0.1) is 0 Å². The maximum Gasteiger partial charge on any atom is 0.150 e. The molecule has 1 heterocycles. The van der Waals surface area contributed by atoms with E-state index in [0.717, 1.165) is 24.8 Å². The molecule has 1 aromatic rings. The molecule has 3 heteroatoms. The molecule has 0 amide bonds. The summed E-state index contributed by atoms with van der Waals surface area (Å²) in [6.07, 6.45) is 1.95. The molecule has 2 rings (SSSR count). The summed E-state index contributed by atoms with van der Waals surface area (Å²) in [5, 5.41) is 0. The van der Waals surface area contributed by atoms with E-state index in [0.29, 0.717) is 0 Å². The van der Waals surface area contributed by atoms with Crippen molar-refractivity contribution in [2.75, 3.05) is 31.1 Å². The average Bonchev–Trinajstić information content (AvgIpc) is 2.38. The Labute approximate surface area is 101 Å². The number of thioether (sulfide) groups is 1. The monoisotopic (exact) mass is 235 g/mol. The van der Waals surface area contributed by atoms with Crippen LogP contribution in [0.15, 0.2) is 24.3 Å². The van der Waals surface area contributed by atoms with Gasteiger partial charge in [-0.05, 0) is 12.0 Å². The number of rotatable bonds is 4. The number of aldehydes is 1. The van der Waals surface area contributed by atoms with Gasteiger partial charge in [0.15, 0.2) is 0 Å². The van der Waals surface area contributed by atoms with E-state index < -0.39 is 0 Å². The highest BCUT2D eigenvalue weighted by atomic mass is 32.2. The lowest BCUT2D eigenvalue weighted by Gasteiger charge is -2.26. The third-order valence-electron chi connectivity index (χ3n) is 2.98. The first-order valence-electron chi connectivity index (χ1n) is 5.73. The van der Waals surface area contributed by atoms with Crippen LogP contribution in [-0.4, -0.2) is 42.3 Å². The Morgan fingerprint density at radius 1 is 1.25 bits per heavy atom. The van der Waals surface area contributed by atoms with Gasteiger partial charge in [-0.15, -0.1) is 0 Å². The largest absolute Gasteiger partial charge is 0.301 e. The van der Waals surface area contributed by atoms with Crippen LogP contribution in [0.2, 0.25) is 0 Å². The second-order valence-corrected chi connectivity index (χ2v) is 5.25. The van der Waals surface area contributed by atoms with E-state index >= 15 is 0 Å². The summed E-state index contributed by atoms with van der Waals surface area (Å²) in [7, 11) is 0. The Bertz CT molecular complexity index is 348. The third-order valence-corrected chi connectivity index (χ3v) is 3.93. The molecule has 1 fully saturated rings. The van der Waals surface area contributed by atoms with Crippen LogP contribution in [0.25, 0.3) is 0 Å². The third kappa shape index (κ3) is 3.09. The van der Waals surface area contributed by atoms with E-state index in [-0.39, 0.29) is 0 Å². The first kappa shape index (κ1) is 11.7. The van der Waals surface area contributed by atoms with Crippen LogP contribution in [-0.2, 0) is 6.42 Å². The topological polar surface area (TPSA) is 20.3 Å². The van der Waals surface area contributed by atoms with Crippen molar-refractivity contribution in [2.24, 2.45) is 0 Å². The highest BCUT2D eigenvalue weighted by Gasteiger charge is 2.10. The zero-order valence-electron chi connectivity index (χ0n) is 9.39. The minimum atomic E-state index is 0.842. The van der Waals surface area contributed by atoms with E-state index in [1.54, 1.807) is 0 Å². The summed E-state index contributed by atoms with van der Waals surface area (Å²) in [5.74, 6) is 2.49. The molecular formula is C13H17NOS. The fourth-order valence-electron chi connectivity index (χ4n) is 1.98. The van der Waals surface area contributed by atoms with E-state index in [1.807, 2.05) is 30.0 Å². The van der Waals surface area contributed by atoms with Crippen molar-refractivity contribution in [3.8, 4) is 0 Å². The molecule has 0 spiro atoms. The molecule has 0 bridgehead atoms. The Kier molecular flexibility index (Phi) is 4.43. The standard InChI is InChI=1S/C13H17NOS/c15-11-13-4-2-1-3-12(13)5-6-14-7-9-16-10-8-14/h1-4,11H,5-10H2. The Morgan fingerprint density at radius 3 is 2.75 bits per heavy atom. The molecule has 16 heavy (non-hydrogen) atoms. The summed E-state index contributed by atoms with van der Waals surface area (Å²) < 4.78 is 0. The van der Waals surface area contributed by atoms with Crippen LogP contribution >= 0.6 is 11.8 Å². The van der Waals surface area contributed by atoms with Crippen molar-refractivity contribution < 1.29 is 4.79 Å². The number of benzene rings is 1. The van der Waals surface area contributed by atoms with Crippen molar-refractivity contribution in [1.82, 2.24) is 4.90 Å². The van der Waals surface area contributed by atoms with Crippen molar-refractivity contribution in [3.05, 3.63) is 35.4 Å². The fraction of sp³-hybridized carbons (Fsp3) is 0.462. The lowest BCUT2D eigenvalue weighted by molar-refractivity contribution is 0.112. The van der Waals surface area contributed by atoms with E-state index in [2.05, 4.69) is 11.0 Å². The molecule has 1 aliphatic rings. The molecule has 0 radical (unpaired) electrons. The van der Waals surface area contributed by atoms with Crippen LogP contribution in [0.4, 0.5) is 0 Å². The first-order chi connectivity index (χ1) is 7.90. The average molecular weight is 235 g/mol. The van der Waals surface area contributed by atoms with Crippen LogP contribution < -0.4 is 0 Å². The van der Waals surface area contributed by atoms with Crippen molar-refractivity contribution in [3.63, 3.8) is 0 Å². The van der Waals surface area contributed by atoms with Crippen molar-refractivity contribution in [1.29, 1.82) is 0 Å². The summed E-state index contributed by atoms with van der Waals surface area (Å²) in [6, 6.07) is 7.88. The molecule has 0 N–H and O–H groups in total. The van der Waals surface area contributed by atoms with Gasteiger partial charge in [0.25, 0.3) is 0 Å². The van der Waals surface area contributed by atoms with E-state index in [4.69, 9.17) is 0 Å². The second kappa shape index (κ2) is 6.06. The summed E-state index contributed by atoms with van der Waals surface area (Å²) >= 11 is 2.03. The SMILES string of the molecule is O=Cc1ccccc1CCN1CCSCC1. The lowest BCUT2D eigenvalue weighted by Crippen LogP contribution is -2.34. The highest BCUT2D eigenvalue weighted by Crippen LogP contribution is 2.12. The maximum absolute atomic E-state index is 10.9. The number of nitrogens with zero attached hydrogens (tertiary/aromatic N) is 1. The Hall–Kier alpha value is -0.800. The Balaban J connectivity index is 1.90. The molecule has 0 saturated carbocycles. The molecule has 0 atom stereocenters. The number of hydrogen-bond acceptors (Lipinski definition) is 3. The molecule has 0 aromatic heterocycles. The van der Waals surface area contributed by atoms with Crippen LogP contribution in [0.3, 0.4) is 0 Å². The van der Waals surface area contributed by atoms with Gasteiger partial charge < -0.3 is 4.90 Å². The van der Waals surface area contributed by atoms with Gasteiger partial charge in [0.2, 0.25) is 0 Å². The molecule has 1 aliphatic heterocycles. The quantitative estimate of drug-likeness (QED) is 0.745. The van der Waals surface area contributed by atoms with Gasteiger partial charge in [-0.2, -0.15) is 11.8 Å². The van der Waals surface area contributed by atoms with Gasteiger partial charge in [0.1, 0.15) is 6.29 Å². The van der Waals surface area contributed by atoms with Gasteiger partial charge in [-0.1, -0.05) is 24.3 Å². The highest BCUT2D eigenvalue weighted by molar-refractivity contribution is 7.99. The predicted molar refractivity (Wildman–Crippen MR) is 69.3 cm³/mol. The molecule has 2 nitrogen and oxygen atoms in total. The minimum absolute atomic E-state index is 0.842. The number of hydrogen-bond donors (Lipinski definition) is 0. The van der Waals surface area contributed by atoms with E-state index in [9.17, 15) is 4.79 Å². The zero-order valence-corrected chi connectivity index (χ0v) is 10.2. The predicted octanol–water partition coefficient (Wildman–Crippen LogP) is 2.09. The minimum Gasteiger partial charge on any atom is -0.301 e. The van der Waals surface area contributed by atoms with Crippen LogP contribution in [0.5, 0.6) is 0 Å². The number of carbonyl (C=O) groups is 1. The molecule has 1 aromatic carbocycles. The van der Waals surface area contributed by atoms with E-state index in [1.165, 1.54) is 30.2 Å². The molecule has 0 unspecified atom stereocenters. The lowest BCUT2D eigenvalue weighted by atomic mass is 10.1. The van der Waals surface area contributed by atoms with Gasteiger partial charge in [-0.3, -0.25) is 4.79 Å². The number of carbonyl (C=O) groups excluding carboxylic acids is 1. The van der Waals surface area contributed by atoms with Crippen LogP contribution in [0, 0.1) is 0 Å². The molecule has 0 aliphatic carbocycles. The van der Waals surface area contributed by atoms with Gasteiger partial charge in [-0.25, -0.2) is 0 Å².